The predicted molar refractivity (Wildman–Crippen MR) is 66.2 cm³/mol. The molecule has 0 spiro atoms. The molecule has 0 unspecified atom stereocenters. The number of carboxylic acid groups (broad SMARTS) is 1. The van der Waals surface area contributed by atoms with Crippen molar-refractivity contribution in [2.75, 3.05) is 12.3 Å². The number of aliphatic hydroxyl groups excluding tert-OH is 1. The zero-order chi connectivity index (χ0) is 13.7. The smallest absolute Gasteiger partial charge is 0.332 e. The van der Waals surface area contributed by atoms with Crippen LogP contribution in [0.1, 0.15) is 22.3 Å². The Balaban J connectivity index is 2.50. The number of aliphatic hydroxyl groups is 1. The predicted octanol–water partition coefficient (Wildman–Crippen LogP) is 0.143. The van der Waals surface area contributed by atoms with Crippen LogP contribution in [0.5, 0.6) is 0 Å². The highest BCUT2D eigenvalue weighted by atomic mass is 16.4. The number of carbonyl (C=O) groups excluding carboxylic acids is 1. The number of benzene rings is 1. The van der Waals surface area contributed by atoms with Crippen LogP contribution >= 0.6 is 0 Å². The summed E-state index contributed by atoms with van der Waals surface area (Å²) in [6.45, 7) is 1.92. The van der Waals surface area contributed by atoms with Crippen LogP contribution in [-0.4, -0.2) is 34.7 Å². The molecular formula is C12H16N2O4. The van der Waals surface area contributed by atoms with Gasteiger partial charge in [0.2, 0.25) is 0 Å². The van der Waals surface area contributed by atoms with Crippen molar-refractivity contribution < 1.29 is 19.8 Å². The normalized spacial score (nSPS) is 11.9. The molecule has 18 heavy (non-hydrogen) atoms. The van der Waals surface area contributed by atoms with E-state index in [-0.39, 0.29) is 18.9 Å². The van der Waals surface area contributed by atoms with E-state index in [1.165, 1.54) is 0 Å². The molecule has 5 N–H and O–H groups in total. The molecule has 0 aliphatic carbocycles. The van der Waals surface area contributed by atoms with Crippen molar-refractivity contribution >= 4 is 17.6 Å². The second-order valence-corrected chi connectivity index (χ2v) is 3.97. The van der Waals surface area contributed by atoms with Gasteiger partial charge in [0.25, 0.3) is 5.91 Å². The number of amides is 1. The molecule has 0 radical (unpaired) electrons. The van der Waals surface area contributed by atoms with Gasteiger partial charge in [-0.2, -0.15) is 0 Å². The SMILES string of the molecule is Cc1ccc(C(=O)NCC[C@H](O)C(=O)O)cc1N. The second kappa shape index (κ2) is 6.02. The second-order valence-electron chi connectivity index (χ2n) is 3.97. The lowest BCUT2D eigenvalue weighted by Crippen LogP contribution is -2.30. The Morgan fingerprint density at radius 2 is 2.11 bits per heavy atom. The van der Waals surface area contributed by atoms with Crippen LogP contribution in [0.25, 0.3) is 0 Å². The van der Waals surface area contributed by atoms with Crippen LogP contribution in [0.3, 0.4) is 0 Å². The van der Waals surface area contributed by atoms with E-state index in [0.717, 1.165) is 5.56 Å². The third-order valence-electron chi connectivity index (χ3n) is 2.53. The van der Waals surface area contributed by atoms with Crippen LogP contribution in [0, 0.1) is 6.92 Å². The maximum atomic E-state index is 11.7. The first-order valence-corrected chi connectivity index (χ1v) is 5.47. The molecule has 0 saturated heterocycles. The van der Waals surface area contributed by atoms with Gasteiger partial charge in [0.15, 0.2) is 6.10 Å². The molecule has 1 rings (SSSR count). The maximum Gasteiger partial charge on any atom is 0.332 e. The third-order valence-corrected chi connectivity index (χ3v) is 2.53. The summed E-state index contributed by atoms with van der Waals surface area (Å²) in [6.07, 6.45) is -1.50. The molecule has 0 bridgehead atoms. The number of anilines is 1. The molecule has 0 aliphatic rings. The average molecular weight is 252 g/mol. The summed E-state index contributed by atoms with van der Waals surface area (Å²) < 4.78 is 0. The van der Waals surface area contributed by atoms with Crippen molar-refractivity contribution in [2.45, 2.75) is 19.4 Å². The number of aryl methyl sites for hydroxylation is 1. The Bertz CT molecular complexity index is 459. The van der Waals surface area contributed by atoms with Crippen LogP contribution in [0.4, 0.5) is 5.69 Å². The first-order valence-electron chi connectivity index (χ1n) is 5.47. The van der Waals surface area contributed by atoms with Gasteiger partial charge in [-0.1, -0.05) is 6.07 Å². The highest BCUT2D eigenvalue weighted by molar-refractivity contribution is 5.95. The number of aliphatic carboxylic acids is 1. The maximum absolute atomic E-state index is 11.7. The van der Waals surface area contributed by atoms with Crippen LogP contribution < -0.4 is 11.1 Å². The minimum absolute atomic E-state index is 0.0393. The van der Waals surface area contributed by atoms with E-state index in [1.54, 1.807) is 18.2 Å². The number of nitrogen functional groups attached to an aromatic ring is 1. The molecule has 0 fully saturated rings. The van der Waals surface area contributed by atoms with Crippen molar-refractivity contribution in [2.24, 2.45) is 0 Å². The van der Waals surface area contributed by atoms with Gasteiger partial charge in [-0.05, 0) is 24.6 Å². The van der Waals surface area contributed by atoms with E-state index in [2.05, 4.69) is 5.32 Å². The van der Waals surface area contributed by atoms with Crippen LogP contribution in [-0.2, 0) is 4.79 Å². The fraction of sp³-hybridized carbons (Fsp3) is 0.333. The summed E-state index contributed by atoms with van der Waals surface area (Å²) in [4.78, 5) is 22.0. The lowest BCUT2D eigenvalue weighted by atomic mass is 10.1. The number of carbonyl (C=O) groups is 2. The van der Waals surface area contributed by atoms with Crippen LogP contribution in [0.15, 0.2) is 18.2 Å². The summed E-state index contributed by atoms with van der Waals surface area (Å²) in [6, 6.07) is 4.92. The van der Waals surface area contributed by atoms with Crippen LogP contribution in [0.2, 0.25) is 0 Å². The lowest BCUT2D eigenvalue weighted by Gasteiger charge is -2.08. The molecule has 1 aromatic carbocycles. The molecule has 0 heterocycles. The Morgan fingerprint density at radius 1 is 1.44 bits per heavy atom. The minimum Gasteiger partial charge on any atom is -0.479 e. The van der Waals surface area contributed by atoms with Crippen molar-refractivity contribution in [3.8, 4) is 0 Å². The van der Waals surface area contributed by atoms with Crippen molar-refractivity contribution in [1.82, 2.24) is 5.32 Å². The van der Waals surface area contributed by atoms with Gasteiger partial charge in [0.05, 0.1) is 0 Å². The van der Waals surface area contributed by atoms with E-state index in [1.807, 2.05) is 6.92 Å². The number of hydrogen-bond donors (Lipinski definition) is 4. The number of carboxylic acids is 1. The monoisotopic (exact) mass is 252 g/mol. The summed E-state index contributed by atoms with van der Waals surface area (Å²) in [5.41, 5.74) is 7.49. The van der Waals surface area contributed by atoms with Gasteiger partial charge in [-0.25, -0.2) is 4.79 Å². The van der Waals surface area contributed by atoms with Gasteiger partial charge in [0, 0.05) is 24.2 Å². The minimum atomic E-state index is -1.46. The highest BCUT2D eigenvalue weighted by Crippen LogP contribution is 2.12. The van der Waals surface area contributed by atoms with Crippen molar-refractivity contribution in [3.05, 3.63) is 29.3 Å². The van der Waals surface area contributed by atoms with Gasteiger partial charge >= 0.3 is 5.97 Å². The Morgan fingerprint density at radius 3 is 2.67 bits per heavy atom. The number of rotatable bonds is 5. The number of nitrogens with two attached hydrogens (primary N) is 1. The average Bonchev–Trinajstić information content (AvgIpc) is 2.32. The number of hydrogen-bond acceptors (Lipinski definition) is 4. The summed E-state index contributed by atoms with van der Waals surface area (Å²) in [7, 11) is 0. The third kappa shape index (κ3) is 3.74. The molecule has 6 nitrogen and oxygen atoms in total. The van der Waals surface area contributed by atoms with Gasteiger partial charge in [-0.15, -0.1) is 0 Å². The van der Waals surface area contributed by atoms with E-state index < -0.39 is 12.1 Å². The quantitative estimate of drug-likeness (QED) is 0.557. The largest absolute Gasteiger partial charge is 0.479 e. The van der Waals surface area contributed by atoms with Gasteiger partial charge in [-0.3, -0.25) is 4.79 Å². The molecule has 0 aliphatic heterocycles. The molecule has 0 saturated carbocycles. The van der Waals surface area contributed by atoms with Crippen molar-refractivity contribution in [3.63, 3.8) is 0 Å². The van der Waals surface area contributed by atoms with E-state index in [4.69, 9.17) is 15.9 Å². The zero-order valence-electron chi connectivity index (χ0n) is 10.0. The van der Waals surface area contributed by atoms with Crippen molar-refractivity contribution in [1.29, 1.82) is 0 Å². The molecule has 1 aromatic rings. The lowest BCUT2D eigenvalue weighted by molar-refractivity contribution is -0.146. The summed E-state index contributed by atoms with van der Waals surface area (Å²) in [5.74, 6) is -1.65. The fourth-order valence-electron chi connectivity index (χ4n) is 1.33. The topological polar surface area (TPSA) is 113 Å². The summed E-state index contributed by atoms with van der Waals surface area (Å²) in [5, 5.41) is 20.0. The molecule has 6 heteroatoms. The van der Waals surface area contributed by atoms with E-state index in [0.29, 0.717) is 11.3 Å². The first kappa shape index (κ1) is 14.0. The zero-order valence-corrected chi connectivity index (χ0v) is 10.0. The molecular weight excluding hydrogens is 236 g/mol. The Hall–Kier alpha value is -2.08. The highest BCUT2D eigenvalue weighted by Gasteiger charge is 2.13. The fourth-order valence-corrected chi connectivity index (χ4v) is 1.33. The van der Waals surface area contributed by atoms with E-state index in [9.17, 15) is 9.59 Å². The molecule has 98 valence electrons. The number of nitrogens with one attached hydrogen (secondary N) is 1. The standard InChI is InChI=1S/C12H16N2O4/c1-7-2-3-8(6-9(7)13)11(16)14-5-4-10(15)12(17)18/h2-3,6,10,15H,4-5,13H2,1H3,(H,14,16)(H,17,18)/t10-/m0/s1. The molecule has 1 atom stereocenters. The molecule has 0 aromatic heterocycles. The van der Waals surface area contributed by atoms with E-state index >= 15 is 0 Å². The molecule has 1 amide bonds. The Kier molecular flexibility index (Phi) is 4.67. The van der Waals surface area contributed by atoms with Gasteiger partial charge < -0.3 is 21.3 Å². The summed E-state index contributed by atoms with van der Waals surface area (Å²) >= 11 is 0. The Labute approximate surface area is 104 Å². The first-order chi connectivity index (χ1) is 8.41. The van der Waals surface area contributed by atoms with Gasteiger partial charge in [0.1, 0.15) is 0 Å².